The number of allylic oxidation sites excluding steroid dienone is 1. The first-order valence-electron chi connectivity index (χ1n) is 24.9. The van der Waals surface area contributed by atoms with Crippen molar-refractivity contribution >= 4 is 11.9 Å². The zero-order valence-electron chi connectivity index (χ0n) is 37.9. The molecule has 1 rings (SSSR count). The van der Waals surface area contributed by atoms with Crippen molar-refractivity contribution in [1.29, 1.82) is 0 Å². The van der Waals surface area contributed by atoms with Gasteiger partial charge in [-0.25, -0.2) is 0 Å². The van der Waals surface area contributed by atoms with Gasteiger partial charge in [-0.2, -0.15) is 0 Å². The second-order valence-corrected chi connectivity index (χ2v) is 17.5. The molecule has 1 N–H and O–H groups in total. The van der Waals surface area contributed by atoms with E-state index >= 15 is 0 Å². The molecular formula is C50H95NO5. The second-order valence-electron chi connectivity index (χ2n) is 17.5. The van der Waals surface area contributed by atoms with Crippen LogP contribution < -0.4 is 0 Å². The zero-order valence-corrected chi connectivity index (χ0v) is 37.9. The van der Waals surface area contributed by atoms with Gasteiger partial charge in [0.25, 0.3) is 0 Å². The monoisotopic (exact) mass is 790 g/mol. The Hall–Kier alpha value is -1.40. The minimum absolute atomic E-state index is 0.0348. The summed E-state index contributed by atoms with van der Waals surface area (Å²) in [5, 5.41) is 10.9. The van der Waals surface area contributed by atoms with Crippen LogP contribution in [0.3, 0.4) is 0 Å². The third-order valence-electron chi connectivity index (χ3n) is 12.2. The first-order valence-corrected chi connectivity index (χ1v) is 24.9. The molecule has 0 aliphatic heterocycles. The standard InChI is InChI=1S/C50H95NO5/c1-5-9-13-17-19-27-37-45(35-25-15-11-7-3)49(53)55-43-33-23-21-31-41-51(47-39-29-30-40-48(47)52)42-32-22-24-34-44-56-50(54)46(36-26-16-12-8-4)38-28-20-18-14-10-6-2/h27,37,45-48,52H,5-26,28-36,38-44H2,1-4H3/b37-27+. The number of nitrogens with zero attached hydrogens (tertiary/aromatic N) is 1. The van der Waals surface area contributed by atoms with E-state index in [1.807, 2.05) is 0 Å². The van der Waals surface area contributed by atoms with Gasteiger partial charge in [-0.1, -0.05) is 188 Å². The van der Waals surface area contributed by atoms with Gasteiger partial charge in [0.1, 0.15) is 0 Å². The number of unbranched alkanes of at least 4 members (excludes halogenated alkanes) is 21. The number of esters is 2. The lowest BCUT2D eigenvalue weighted by molar-refractivity contribution is -0.149. The number of hydrogen-bond donors (Lipinski definition) is 1. The lowest BCUT2D eigenvalue weighted by Crippen LogP contribution is -2.46. The smallest absolute Gasteiger partial charge is 0.312 e. The molecule has 56 heavy (non-hydrogen) atoms. The van der Waals surface area contributed by atoms with Crippen LogP contribution in [0.1, 0.15) is 246 Å². The predicted molar refractivity (Wildman–Crippen MR) is 239 cm³/mol. The predicted octanol–water partition coefficient (Wildman–Crippen LogP) is 14.2. The molecule has 6 heteroatoms. The Kier molecular flexibility index (Phi) is 36.7. The fourth-order valence-corrected chi connectivity index (χ4v) is 8.47. The summed E-state index contributed by atoms with van der Waals surface area (Å²) in [6.45, 7) is 12.1. The van der Waals surface area contributed by atoms with Crippen molar-refractivity contribution in [2.24, 2.45) is 11.8 Å². The van der Waals surface area contributed by atoms with Crippen molar-refractivity contribution < 1.29 is 24.2 Å². The molecule has 0 heterocycles. The van der Waals surface area contributed by atoms with Crippen molar-refractivity contribution in [3.8, 4) is 0 Å². The van der Waals surface area contributed by atoms with E-state index < -0.39 is 0 Å². The van der Waals surface area contributed by atoms with E-state index in [2.05, 4.69) is 44.7 Å². The van der Waals surface area contributed by atoms with E-state index in [1.54, 1.807) is 0 Å². The average Bonchev–Trinajstić information content (AvgIpc) is 3.20. The van der Waals surface area contributed by atoms with E-state index in [-0.39, 0.29) is 35.9 Å². The molecule has 0 aromatic carbocycles. The maximum absolute atomic E-state index is 13.0. The van der Waals surface area contributed by atoms with Crippen LogP contribution in [-0.2, 0) is 19.1 Å². The summed E-state index contributed by atoms with van der Waals surface area (Å²) < 4.78 is 11.7. The molecule has 0 bridgehead atoms. The molecule has 4 atom stereocenters. The van der Waals surface area contributed by atoms with Crippen molar-refractivity contribution in [3.05, 3.63) is 12.2 Å². The van der Waals surface area contributed by atoms with Gasteiger partial charge < -0.3 is 14.6 Å². The van der Waals surface area contributed by atoms with E-state index in [1.165, 1.54) is 103 Å². The zero-order chi connectivity index (χ0) is 40.7. The number of carbonyl (C=O) groups is 2. The number of hydrogen-bond acceptors (Lipinski definition) is 6. The van der Waals surface area contributed by atoms with Gasteiger partial charge >= 0.3 is 11.9 Å². The quantitative estimate of drug-likeness (QED) is 0.0378. The van der Waals surface area contributed by atoms with E-state index in [9.17, 15) is 14.7 Å². The number of rotatable bonds is 40. The molecule has 4 unspecified atom stereocenters. The van der Waals surface area contributed by atoms with Crippen LogP contribution in [0.4, 0.5) is 0 Å². The van der Waals surface area contributed by atoms with Gasteiger partial charge in [0.2, 0.25) is 0 Å². The largest absolute Gasteiger partial charge is 0.465 e. The highest BCUT2D eigenvalue weighted by atomic mass is 16.5. The molecule has 1 fully saturated rings. The molecule has 0 aromatic rings. The number of carbonyl (C=O) groups excluding carboxylic acids is 2. The molecule has 1 aliphatic carbocycles. The van der Waals surface area contributed by atoms with Gasteiger partial charge in [-0.15, -0.1) is 0 Å². The summed E-state index contributed by atoms with van der Waals surface area (Å²) in [7, 11) is 0. The van der Waals surface area contributed by atoms with Crippen molar-refractivity contribution in [2.75, 3.05) is 26.3 Å². The summed E-state index contributed by atoms with van der Waals surface area (Å²) in [6, 6.07) is 0.278. The molecule has 1 aliphatic rings. The molecule has 0 amide bonds. The van der Waals surface area contributed by atoms with Gasteiger partial charge in [-0.3, -0.25) is 14.5 Å². The Balaban J connectivity index is 2.41. The summed E-state index contributed by atoms with van der Waals surface area (Å²) >= 11 is 0. The van der Waals surface area contributed by atoms with Gasteiger partial charge in [0, 0.05) is 6.04 Å². The van der Waals surface area contributed by atoms with E-state index in [0.29, 0.717) is 13.2 Å². The minimum atomic E-state index is -0.214. The summed E-state index contributed by atoms with van der Waals surface area (Å²) in [5.41, 5.74) is 0. The first kappa shape index (κ1) is 52.6. The molecule has 330 valence electrons. The SMILES string of the molecule is CCCCCC/C=C/C(CCCCCC)C(=O)OCCCCCCN(CCCCCCOC(=O)C(CCCCCC)CCCCCCCC)C1CCCCC1O. The number of ether oxygens (including phenoxy) is 2. The van der Waals surface area contributed by atoms with Crippen LogP contribution in [0.25, 0.3) is 0 Å². The lowest BCUT2D eigenvalue weighted by atomic mass is 9.91. The Morgan fingerprint density at radius 3 is 1.57 bits per heavy atom. The van der Waals surface area contributed by atoms with Crippen molar-refractivity contribution in [2.45, 2.75) is 258 Å². The topological polar surface area (TPSA) is 76.1 Å². The average molecular weight is 790 g/mol. The first-order chi connectivity index (χ1) is 27.5. The van der Waals surface area contributed by atoms with Crippen LogP contribution >= 0.6 is 0 Å². The highest BCUT2D eigenvalue weighted by Gasteiger charge is 2.28. The minimum Gasteiger partial charge on any atom is -0.465 e. The number of aliphatic hydroxyl groups excluding tert-OH is 1. The normalized spacial score (nSPS) is 17.1. The molecule has 1 saturated carbocycles. The van der Waals surface area contributed by atoms with Gasteiger partial charge in [0.05, 0.1) is 31.2 Å². The molecule has 0 spiro atoms. The molecule has 6 nitrogen and oxygen atoms in total. The molecule has 0 aromatic heterocycles. The fourth-order valence-electron chi connectivity index (χ4n) is 8.47. The molecule has 0 radical (unpaired) electrons. The molecular weight excluding hydrogens is 695 g/mol. The summed E-state index contributed by atoms with van der Waals surface area (Å²) in [4.78, 5) is 28.6. The van der Waals surface area contributed by atoms with Crippen LogP contribution in [0.5, 0.6) is 0 Å². The van der Waals surface area contributed by atoms with Crippen molar-refractivity contribution in [1.82, 2.24) is 4.90 Å². The third kappa shape index (κ3) is 28.9. The Morgan fingerprint density at radius 1 is 0.554 bits per heavy atom. The van der Waals surface area contributed by atoms with Crippen LogP contribution in [0.2, 0.25) is 0 Å². The van der Waals surface area contributed by atoms with Crippen LogP contribution in [0.15, 0.2) is 12.2 Å². The van der Waals surface area contributed by atoms with Crippen LogP contribution in [0, 0.1) is 11.8 Å². The Bertz CT molecular complexity index is 908. The number of aliphatic hydroxyl groups is 1. The second kappa shape index (κ2) is 39.1. The third-order valence-corrected chi connectivity index (χ3v) is 12.2. The lowest BCUT2D eigenvalue weighted by Gasteiger charge is -2.38. The Morgan fingerprint density at radius 2 is 1.00 bits per heavy atom. The van der Waals surface area contributed by atoms with E-state index in [0.717, 1.165) is 129 Å². The maximum atomic E-state index is 13.0. The Labute approximate surface area is 348 Å². The fraction of sp³-hybridized carbons (Fsp3) is 0.920. The van der Waals surface area contributed by atoms with Crippen molar-refractivity contribution in [3.63, 3.8) is 0 Å². The maximum Gasteiger partial charge on any atom is 0.312 e. The summed E-state index contributed by atoms with van der Waals surface area (Å²) in [5.74, 6) is -0.000372. The van der Waals surface area contributed by atoms with Crippen LogP contribution in [-0.4, -0.2) is 60.4 Å². The highest BCUT2D eigenvalue weighted by molar-refractivity contribution is 5.74. The van der Waals surface area contributed by atoms with E-state index in [4.69, 9.17) is 9.47 Å². The highest BCUT2D eigenvalue weighted by Crippen LogP contribution is 2.25. The molecule has 0 saturated heterocycles. The van der Waals surface area contributed by atoms with Gasteiger partial charge in [-0.05, 0) is 83.7 Å². The summed E-state index contributed by atoms with van der Waals surface area (Å²) in [6.07, 6.45) is 43.1. The van der Waals surface area contributed by atoms with Gasteiger partial charge in [0.15, 0.2) is 0 Å².